The molecular weight excluding hydrogens is 707 g/mol. The first-order valence-corrected chi connectivity index (χ1v) is 23.6. The Labute approximate surface area is 339 Å². The Hall–Kier alpha value is -1.80. The van der Waals surface area contributed by atoms with Crippen molar-refractivity contribution >= 4 is 13.7 Å². The average molecular weight is 793 g/mol. The third kappa shape index (κ3) is 40.2. The lowest BCUT2D eigenvalue weighted by molar-refractivity contribution is -0.870. The lowest BCUT2D eigenvalue weighted by Gasteiger charge is -2.29. The van der Waals surface area contributed by atoms with Crippen LogP contribution in [0.1, 0.15) is 174 Å². The summed E-state index contributed by atoms with van der Waals surface area (Å²) in [5.74, 6) is -0.239. The molecule has 3 unspecified atom stereocenters. The second-order valence-electron chi connectivity index (χ2n) is 16.0. The van der Waals surface area contributed by atoms with E-state index in [1.807, 2.05) is 27.2 Å². The van der Waals surface area contributed by atoms with Crippen LogP contribution in [0.3, 0.4) is 0 Å². The van der Waals surface area contributed by atoms with Crippen molar-refractivity contribution < 1.29 is 32.9 Å². The van der Waals surface area contributed by atoms with Gasteiger partial charge in [0.25, 0.3) is 7.82 Å². The molecule has 0 rings (SSSR count). The van der Waals surface area contributed by atoms with Crippen LogP contribution in [0, 0.1) is 0 Å². The Kier molecular flexibility index (Phi) is 36.5. The van der Waals surface area contributed by atoms with E-state index >= 15 is 0 Å². The lowest BCUT2D eigenvalue weighted by atomic mass is 10.0. The maximum atomic E-state index is 12.8. The number of hydrogen-bond donors (Lipinski definition) is 2. The Morgan fingerprint density at radius 3 is 1.69 bits per heavy atom. The van der Waals surface area contributed by atoms with E-state index in [0.29, 0.717) is 23.9 Å². The zero-order chi connectivity index (χ0) is 40.7. The fourth-order valence-electron chi connectivity index (χ4n) is 5.95. The molecule has 0 heterocycles. The molecule has 0 fully saturated rings. The summed E-state index contributed by atoms with van der Waals surface area (Å²) in [5, 5.41) is 13.7. The number of carbonyl (C=O) groups excluding carboxylic acids is 1. The first kappa shape index (κ1) is 53.2. The molecule has 0 saturated carbocycles. The predicted molar refractivity (Wildman–Crippen MR) is 233 cm³/mol. The van der Waals surface area contributed by atoms with Crippen molar-refractivity contribution in [3.8, 4) is 0 Å². The monoisotopic (exact) mass is 793 g/mol. The van der Waals surface area contributed by atoms with Crippen molar-refractivity contribution in [1.29, 1.82) is 0 Å². The van der Waals surface area contributed by atoms with Crippen LogP contribution in [0.4, 0.5) is 0 Å². The Bertz CT molecular complexity index is 1080. The molecule has 9 heteroatoms. The molecule has 0 radical (unpaired) electrons. The number of aliphatic hydroxyl groups is 1. The Morgan fingerprint density at radius 1 is 0.655 bits per heavy atom. The first-order chi connectivity index (χ1) is 26.5. The van der Waals surface area contributed by atoms with Crippen LogP contribution in [0.2, 0.25) is 0 Å². The quantitative estimate of drug-likeness (QED) is 0.0278. The molecule has 0 aliphatic carbocycles. The molecular formula is C46H85N2O6P. The van der Waals surface area contributed by atoms with E-state index in [1.165, 1.54) is 89.9 Å². The molecule has 0 aliphatic rings. The summed E-state index contributed by atoms with van der Waals surface area (Å²) < 4.78 is 23.1. The zero-order valence-electron chi connectivity index (χ0n) is 36.1. The van der Waals surface area contributed by atoms with Gasteiger partial charge < -0.3 is 28.8 Å². The molecule has 8 nitrogen and oxygen atoms in total. The largest absolute Gasteiger partial charge is 0.756 e. The van der Waals surface area contributed by atoms with Crippen molar-refractivity contribution in [3.63, 3.8) is 0 Å². The third-order valence-corrected chi connectivity index (χ3v) is 10.4. The number of rotatable bonds is 39. The van der Waals surface area contributed by atoms with Crippen molar-refractivity contribution in [2.24, 2.45) is 0 Å². The molecule has 3 atom stereocenters. The fraction of sp³-hybridized carbons (Fsp3) is 0.761. The molecule has 55 heavy (non-hydrogen) atoms. The van der Waals surface area contributed by atoms with Crippen LogP contribution in [-0.2, 0) is 18.4 Å². The summed E-state index contributed by atoms with van der Waals surface area (Å²) in [6.07, 6.45) is 48.5. The summed E-state index contributed by atoms with van der Waals surface area (Å²) in [4.78, 5) is 25.2. The van der Waals surface area contributed by atoms with Gasteiger partial charge >= 0.3 is 0 Å². The number of aliphatic hydroxyl groups excluding tert-OH is 1. The number of unbranched alkanes of at least 4 members (excludes halogenated alkanes) is 18. The lowest BCUT2D eigenvalue weighted by Crippen LogP contribution is -2.45. The van der Waals surface area contributed by atoms with Gasteiger partial charge in [-0.15, -0.1) is 0 Å². The highest BCUT2D eigenvalue weighted by atomic mass is 31.2. The van der Waals surface area contributed by atoms with Crippen LogP contribution in [0.15, 0.2) is 60.8 Å². The predicted octanol–water partition coefficient (Wildman–Crippen LogP) is 11.6. The van der Waals surface area contributed by atoms with Crippen molar-refractivity contribution in [2.75, 3.05) is 40.9 Å². The van der Waals surface area contributed by atoms with E-state index in [9.17, 15) is 19.4 Å². The fourth-order valence-corrected chi connectivity index (χ4v) is 6.67. The molecule has 0 aliphatic heterocycles. The third-order valence-electron chi connectivity index (χ3n) is 9.46. The number of phosphoric ester groups is 1. The van der Waals surface area contributed by atoms with Gasteiger partial charge in [0, 0.05) is 6.42 Å². The molecule has 0 aromatic heterocycles. The van der Waals surface area contributed by atoms with E-state index < -0.39 is 26.6 Å². The molecule has 0 spiro atoms. The van der Waals surface area contributed by atoms with E-state index in [1.54, 1.807) is 6.08 Å². The van der Waals surface area contributed by atoms with Crippen LogP contribution in [0.25, 0.3) is 0 Å². The minimum absolute atomic E-state index is 0.0147. The van der Waals surface area contributed by atoms with Crippen molar-refractivity contribution in [3.05, 3.63) is 60.8 Å². The second kappa shape index (κ2) is 37.8. The van der Waals surface area contributed by atoms with Gasteiger partial charge in [0.1, 0.15) is 13.2 Å². The SMILES string of the molecule is CC/C=C\C/C=C\C/C=C\CCCCCC(=O)NC(COP(=O)([O-])OCC[N+](C)(C)C)C(O)/C=C/CC/C=C/CCCCCCCCCCCCCCCC. The number of allylic oxidation sites excluding steroid dienone is 9. The number of amides is 1. The van der Waals surface area contributed by atoms with Gasteiger partial charge in [-0.25, -0.2) is 0 Å². The minimum Gasteiger partial charge on any atom is -0.756 e. The number of nitrogens with zero attached hydrogens (tertiary/aromatic N) is 1. The van der Waals surface area contributed by atoms with Crippen LogP contribution in [-0.4, -0.2) is 68.5 Å². The molecule has 1 amide bonds. The standard InChI is InChI=1S/C46H85N2O6P/c1-6-8-10-12-14-16-18-20-21-22-23-24-25-26-28-29-31-33-35-37-39-45(49)44(43-54-55(51,52)53-42-41-48(3,4)5)47-46(50)40-38-36-34-32-30-27-19-17-15-13-11-9-7-2/h9,11,15,17,27,29-31,37,39,44-45,49H,6-8,10,12-14,16,18-26,28,32-36,38,40-43H2,1-5H3,(H-,47,50,51,52)/b11-9-,17-15-,30-27-,31-29+,39-37+. The molecule has 320 valence electrons. The van der Waals surface area contributed by atoms with Crippen molar-refractivity contribution in [1.82, 2.24) is 5.32 Å². The highest BCUT2D eigenvalue weighted by Gasteiger charge is 2.23. The van der Waals surface area contributed by atoms with Crippen LogP contribution in [0.5, 0.6) is 0 Å². The van der Waals surface area contributed by atoms with Gasteiger partial charge in [-0.05, 0) is 64.2 Å². The number of quaternary nitrogens is 1. The number of nitrogens with one attached hydrogen (secondary N) is 1. The molecule has 0 bridgehead atoms. The molecule has 2 N–H and O–H groups in total. The van der Waals surface area contributed by atoms with Gasteiger partial charge in [0.15, 0.2) is 0 Å². The topological polar surface area (TPSA) is 108 Å². The summed E-state index contributed by atoms with van der Waals surface area (Å²) in [6, 6.07) is -0.919. The Balaban J connectivity index is 4.50. The normalized spacial score (nSPS) is 15.0. The second-order valence-corrected chi connectivity index (χ2v) is 17.4. The Morgan fingerprint density at radius 2 is 1.13 bits per heavy atom. The van der Waals surface area contributed by atoms with Gasteiger partial charge in [0.05, 0.1) is 39.9 Å². The van der Waals surface area contributed by atoms with Crippen LogP contribution >= 0.6 is 7.82 Å². The number of likely N-dealkylation sites (N-methyl/N-ethyl adjacent to an activating group) is 1. The van der Waals surface area contributed by atoms with Gasteiger partial charge in [-0.1, -0.05) is 164 Å². The molecule has 0 aromatic carbocycles. The smallest absolute Gasteiger partial charge is 0.268 e. The van der Waals surface area contributed by atoms with E-state index in [2.05, 4.69) is 67.8 Å². The van der Waals surface area contributed by atoms with Gasteiger partial charge in [0.2, 0.25) is 5.91 Å². The average Bonchev–Trinajstić information content (AvgIpc) is 3.13. The number of hydrogen-bond acceptors (Lipinski definition) is 6. The highest BCUT2D eigenvalue weighted by Crippen LogP contribution is 2.38. The van der Waals surface area contributed by atoms with E-state index in [4.69, 9.17) is 9.05 Å². The molecule has 0 saturated heterocycles. The zero-order valence-corrected chi connectivity index (χ0v) is 37.0. The van der Waals surface area contributed by atoms with E-state index in [-0.39, 0.29) is 12.5 Å². The van der Waals surface area contributed by atoms with Crippen molar-refractivity contribution in [2.45, 2.75) is 187 Å². The van der Waals surface area contributed by atoms with E-state index in [0.717, 1.165) is 57.8 Å². The molecule has 0 aromatic rings. The maximum absolute atomic E-state index is 12.8. The van der Waals surface area contributed by atoms with Gasteiger partial charge in [-0.3, -0.25) is 9.36 Å². The summed E-state index contributed by atoms with van der Waals surface area (Å²) in [7, 11) is 1.21. The number of phosphoric acid groups is 1. The number of carbonyl (C=O) groups is 1. The summed E-state index contributed by atoms with van der Waals surface area (Å²) in [6.45, 7) is 4.47. The maximum Gasteiger partial charge on any atom is 0.268 e. The first-order valence-electron chi connectivity index (χ1n) is 22.2. The minimum atomic E-state index is -4.60. The summed E-state index contributed by atoms with van der Waals surface area (Å²) >= 11 is 0. The summed E-state index contributed by atoms with van der Waals surface area (Å²) in [5.41, 5.74) is 0. The van der Waals surface area contributed by atoms with Crippen LogP contribution < -0.4 is 10.2 Å². The van der Waals surface area contributed by atoms with Gasteiger partial charge in [-0.2, -0.15) is 0 Å². The highest BCUT2D eigenvalue weighted by molar-refractivity contribution is 7.45.